The molecule has 0 aliphatic carbocycles. The molecule has 0 aromatic heterocycles. The summed E-state index contributed by atoms with van der Waals surface area (Å²) in [5.74, 6) is 1.11. The van der Waals surface area contributed by atoms with E-state index in [1.807, 2.05) is 0 Å². The third-order valence-electron chi connectivity index (χ3n) is 3.32. The highest BCUT2D eigenvalue weighted by atomic mass is 19.1. The molecule has 3 heteroatoms. The normalized spacial score (nSPS) is 12.7. The summed E-state index contributed by atoms with van der Waals surface area (Å²) in [6.45, 7) is 7.20. The molecule has 0 radical (unpaired) electrons. The highest BCUT2D eigenvalue weighted by Gasteiger charge is 2.06. The fourth-order valence-corrected chi connectivity index (χ4v) is 2.02. The molecule has 2 nitrogen and oxygen atoms in total. The van der Waals surface area contributed by atoms with Crippen LogP contribution in [0.25, 0.3) is 0 Å². The maximum Gasteiger partial charge on any atom is 0.131 e. The molecule has 1 aromatic rings. The van der Waals surface area contributed by atoms with Crippen LogP contribution in [-0.4, -0.2) is 13.2 Å². The van der Waals surface area contributed by atoms with Crippen molar-refractivity contribution in [3.05, 3.63) is 29.6 Å². The Morgan fingerprint density at radius 1 is 1.21 bits per heavy atom. The largest absolute Gasteiger partial charge is 0.497 e. The maximum absolute atomic E-state index is 13.7. The van der Waals surface area contributed by atoms with E-state index < -0.39 is 0 Å². The van der Waals surface area contributed by atoms with Gasteiger partial charge in [0.1, 0.15) is 11.6 Å². The van der Waals surface area contributed by atoms with Crippen molar-refractivity contribution in [3.8, 4) is 5.75 Å². The minimum Gasteiger partial charge on any atom is -0.497 e. The van der Waals surface area contributed by atoms with Crippen LogP contribution in [0.2, 0.25) is 0 Å². The zero-order valence-corrected chi connectivity index (χ0v) is 12.5. The number of benzene rings is 1. The summed E-state index contributed by atoms with van der Waals surface area (Å²) < 4.78 is 18.7. The highest BCUT2D eigenvalue weighted by Crippen LogP contribution is 2.16. The average Bonchev–Trinajstić information content (AvgIpc) is 2.36. The molecule has 0 fully saturated rings. The quantitative estimate of drug-likeness (QED) is 0.764. The van der Waals surface area contributed by atoms with Crippen molar-refractivity contribution in [2.75, 3.05) is 7.11 Å². The van der Waals surface area contributed by atoms with E-state index in [2.05, 4.69) is 26.1 Å². The van der Waals surface area contributed by atoms with Crippen LogP contribution in [0.5, 0.6) is 5.75 Å². The van der Waals surface area contributed by atoms with Gasteiger partial charge in [-0.1, -0.05) is 32.8 Å². The monoisotopic (exact) mass is 267 g/mol. The van der Waals surface area contributed by atoms with Crippen molar-refractivity contribution in [2.45, 2.75) is 52.6 Å². The van der Waals surface area contributed by atoms with E-state index in [0.29, 0.717) is 23.9 Å². The Morgan fingerprint density at radius 2 is 1.95 bits per heavy atom. The molecule has 0 saturated carbocycles. The Bertz CT molecular complexity index is 379. The van der Waals surface area contributed by atoms with Crippen molar-refractivity contribution < 1.29 is 9.13 Å². The molecule has 1 unspecified atom stereocenters. The summed E-state index contributed by atoms with van der Waals surface area (Å²) in [4.78, 5) is 0. The second kappa shape index (κ2) is 8.16. The van der Waals surface area contributed by atoms with Crippen LogP contribution in [0.15, 0.2) is 18.2 Å². The summed E-state index contributed by atoms with van der Waals surface area (Å²) in [5, 5.41) is 3.37. The van der Waals surface area contributed by atoms with E-state index in [1.165, 1.54) is 18.9 Å². The average molecular weight is 267 g/mol. The zero-order chi connectivity index (χ0) is 14.3. The minimum atomic E-state index is -0.207. The van der Waals surface area contributed by atoms with Crippen LogP contribution in [0, 0.1) is 11.7 Å². The Hall–Kier alpha value is -1.09. The van der Waals surface area contributed by atoms with Gasteiger partial charge < -0.3 is 10.1 Å². The predicted octanol–water partition coefficient (Wildman–Crippen LogP) is 4.14. The van der Waals surface area contributed by atoms with E-state index in [0.717, 1.165) is 12.3 Å². The third kappa shape index (κ3) is 6.06. The predicted molar refractivity (Wildman–Crippen MR) is 77.9 cm³/mol. The van der Waals surface area contributed by atoms with E-state index in [-0.39, 0.29) is 5.82 Å². The number of hydrogen-bond donors (Lipinski definition) is 1. The SMILES string of the molecule is COc1ccc(CNC(C)CCCC(C)C)c(F)c1. The molecule has 0 bridgehead atoms. The first kappa shape index (κ1) is 16.0. The van der Waals surface area contributed by atoms with E-state index in [1.54, 1.807) is 19.2 Å². The fourth-order valence-electron chi connectivity index (χ4n) is 2.02. The van der Waals surface area contributed by atoms with Crippen LogP contribution in [0.3, 0.4) is 0 Å². The molecule has 1 rings (SSSR count). The minimum absolute atomic E-state index is 0.207. The van der Waals surface area contributed by atoms with Gasteiger partial charge in [0.2, 0.25) is 0 Å². The summed E-state index contributed by atoms with van der Waals surface area (Å²) >= 11 is 0. The van der Waals surface area contributed by atoms with Gasteiger partial charge in [-0.15, -0.1) is 0 Å². The first-order valence-electron chi connectivity index (χ1n) is 7.08. The highest BCUT2D eigenvalue weighted by molar-refractivity contribution is 5.28. The molecular weight excluding hydrogens is 241 g/mol. The Morgan fingerprint density at radius 3 is 2.53 bits per heavy atom. The first-order valence-corrected chi connectivity index (χ1v) is 7.08. The molecule has 0 amide bonds. The van der Waals surface area contributed by atoms with Crippen molar-refractivity contribution in [1.29, 1.82) is 0 Å². The van der Waals surface area contributed by atoms with Gasteiger partial charge in [-0.25, -0.2) is 4.39 Å². The first-order chi connectivity index (χ1) is 9.02. The summed E-state index contributed by atoms with van der Waals surface area (Å²) in [6, 6.07) is 5.42. The molecule has 0 aliphatic rings. The summed E-state index contributed by atoms with van der Waals surface area (Å²) in [5.41, 5.74) is 0.691. The van der Waals surface area contributed by atoms with Gasteiger partial charge in [0.25, 0.3) is 0 Å². The van der Waals surface area contributed by atoms with Gasteiger partial charge in [-0.3, -0.25) is 0 Å². The topological polar surface area (TPSA) is 21.3 Å². The molecule has 0 saturated heterocycles. The van der Waals surface area contributed by atoms with Crippen molar-refractivity contribution in [2.24, 2.45) is 5.92 Å². The Balaban J connectivity index is 2.35. The van der Waals surface area contributed by atoms with Crippen molar-refractivity contribution in [1.82, 2.24) is 5.32 Å². The van der Waals surface area contributed by atoms with Gasteiger partial charge in [-0.2, -0.15) is 0 Å². The van der Waals surface area contributed by atoms with E-state index >= 15 is 0 Å². The van der Waals surface area contributed by atoms with Crippen LogP contribution in [-0.2, 0) is 6.54 Å². The Kier molecular flexibility index (Phi) is 6.85. The number of ether oxygens (including phenoxy) is 1. The van der Waals surface area contributed by atoms with Crippen LogP contribution >= 0.6 is 0 Å². The van der Waals surface area contributed by atoms with Gasteiger partial charge >= 0.3 is 0 Å². The number of hydrogen-bond acceptors (Lipinski definition) is 2. The van der Waals surface area contributed by atoms with Gasteiger partial charge in [0.15, 0.2) is 0 Å². The van der Waals surface area contributed by atoms with Crippen molar-refractivity contribution >= 4 is 0 Å². The lowest BCUT2D eigenvalue weighted by Gasteiger charge is -2.15. The van der Waals surface area contributed by atoms with E-state index in [4.69, 9.17) is 4.74 Å². The fraction of sp³-hybridized carbons (Fsp3) is 0.625. The standard InChI is InChI=1S/C16H26FNO/c1-12(2)6-5-7-13(3)18-11-14-8-9-15(19-4)10-16(14)17/h8-10,12-13,18H,5-7,11H2,1-4H3. The number of nitrogens with one attached hydrogen (secondary N) is 1. The maximum atomic E-state index is 13.7. The van der Waals surface area contributed by atoms with Gasteiger partial charge in [-0.05, 0) is 25.3 Å². The van der Waals surface area contributed by atoms with Crippen LogP contribution < -0.4 is 10.1 Å². The number of rotatable bonds is 8. The summed E-state index contributed by atoms with van der Waals surface area (Å²) in [7, 11) is 1.55. The lowest BCUT2D eigenvalue weighted by Crippen LogP contribution is -2.25. The van der Waals surface area contributed by atoms with Crippen LogP contribution in [0.1, 0.15) is 45.6 Å². The molecule has 0 spiro atoms. The molecule has 0 aliphatic heterocycles. The molecule has 0 heterocycles. The molecular formula is C16H26FNO. The Labute approximate surface area is 116 Å². The molecule has 19 heavy (non-hydrogen) atoms. The van der Waals surface area contributed by atoms with Gasteiger partial charge in [0.05, 0.1) is 7.11 Å². The molecule has 1 aromatic carbocycles. The van der Waals surface area contributed by atoms with E-state index in [9.17, 15) is 4.39 Å². The lowest BCUT2D eigenvalue weighted by atomic mass is 10.0. The lowest BCUT2D eigenvalue weighted by molar-refractivity contribution is 0.409. The molecule has 1 atom stereocenters. The molecule has 108 valence electrons. The second-order valence-corrected chi connectivity index (χ2v) is 5.56. The number of halogens is 1. The van der Waals surface area contributed by atoms with Crippen LogP contribution in [0.4, 0.5) is 4.39 Å². The third-order valence-corrected chi connectivity index (χ3v) is 3.32. The van der Waals surface area contributed by atoms with Crippen molar-refractivity contribution in [3.63, 3.8) is 0 Å². The smallest absolute Gasteiger partial charge is 0.131 e. The second-order valence-electron chi connectivity index (χ2n) is 5.56. The molecule has 1 N–H and O–H groups in total. The number of methoxy groups -OCH3 is 1. The van der Waals surface area contributed by atoms with Gasteiger partial charge in [0, 0.05) is 24.2 Å². The summed E-state index contributed by atoms with van der Waals surface area (Å²) in [6.07, 6.45) is 3.61. The zero-order valence-electron chi connectivity index (χ0n) is 12.5.